The van der Waals surface area contributed by atoms with Crippen molar-refractivity contribution in [2.24, 2.45) is 0 Å². The number of alkyl carbamates (subject to hydrolysis) is 1. The molecule has 0 aliphatic carbocycles. The Labute approximate surface area is 239 Å². The molecular weight excluding hydrogens is 528 g/mol. The van der Waals surface area contributed by atoms with Crippen LogP contribution in [0.15, 0.2) is 54.7 Å². The van der Waals surface area contributed by atoms with Gasteiger partial charge < -0.3 is 29.7 Å². The number of tetrazole rings is 1. The highest BCUT2D eigenvalue weighted by Gasteiger charge is 2.35. The topological polar surface area (TPSA) is 147 Å². The molecule has 0 aliphatic rings. The minimum Gasteiger partial charge on any atom is -0.475 e. The molecule has 13 heteroatoms. The number of benzene rings is 1. The summed E-state index contributed by atoms with van der Waals surface area (Å²) < 4.78 is 18.5. The van der Waals surface area contributed by atoms with Crippen LogP contribution in [0.3, 0.4) is 0 Å². The van der Waals surface area contributed by atoms with Crippen molar-refractivity contribution in [3.63, 3.8) is 0 Å². The third-order valence-corrected chi connectivity index (χ3v) is 5.62. The average molecular weight is 565 g/mol. The Morgan fingerprint density at radius 3 is 2.44 bits per heavy atom. The minimum absolute atomic E-state index is 0.00929. The molecule has 41 heavy (non-hydrogen) atoms. The Hall–Kier alpha value is -4.57. The predicted octanol–water partition coefficient (Wildman–Crippen LogP) is 3.28. The number of nitrogens with zero attached hydrogens (tertiary/aromatic N) is 6. The van der Waals surface area contributed by atoms with Gasteiger partial charge in [0.1, 0.15) is 23.8 Å². The van der Waals surface area contributed by atoms with E-state index in [-0.39, 0.29) is 32.2 Å². The second-order valence-corrected chi connectivity index (χ2v) is 10.7. The highest BCUT2D eigenvalue weighted by atomic mass is 16.6. The Morgan fingerprint density at radius 1 is 1.05 bits per heavy atom. The molecule has 2 amide bonds. The lowest BCUT2D eigenvalue weighted by molar-refractivity contribution is -0.127. The molecule has 2 N–H and O–H groups in total. The molecule has 218 valence electrons. The van der Waals surface area contributed by atoms with E-state index in [1.54, 1.807) is 59.0 Å². The second-order valence-electron chi connectivity index (χ2n) is 10.7. The number of carbonyl (C=O) groups is 2. The average Bonchev–Trinajstić information content (AvgIpc) is 3.40. The maximum Gasteiger partial charge on any atom is 0.408 e. The van der Waals surface area contributed by atoms with Crippen LogP contribution in [0.2, 0.25) is 0 Å². The van der Waals surface area contributed by atoms with Crippen molar-refractivity contribution in [2.75, 3.05) is 19.8 Å². The van der Waals surface area contributed by atoms with Gasteiger partial charge in [-0.15, -0.1) is 5.10 Å². The lowest BCUT2D eigenvalue weighted by Crippen LogP contribution is -2.56. The lowest BCUT2D eigenvalue weighted by Gasteiger charge is -2.29. The molecule has 2 heterocycles. The normalized spacial score (nSPS) is 13.0. The van der Waals surface area contributed by atoms with Crippen LogP contribution in [-0.2, 0) is 20.9 Å². The van der Waals surface area contributed by atoms with Gasteiger partial charge in [0, 0.05) is 12.3 Å². The second kappa shape index (κ2) is 14.2. The van der Waals surface area contributed by atoms with Crippen LogP contribution in [0, 0.1) is 6.57 Å². The van der Waals surface area contributed by atoms with Crippen LogP contribution in [-0.4, -0.2) is 68.1 Å². The third-order valence-electron chi connectivity index (χ3n) is 5.62. The molecule has 0 saturated heterocycles. The summed E-state index contributed by atoms with van der Waals surface area (Å²) in [5, 5.41) is 17.6. The molecule has 3 rings (SSSR count). The van der Waals surface area contributed by atoms with E-state index >= 15 is 0 Å². The molecule has 2 aromatic heterocycles. The number of rotatable bonds is 13. The summed E-state index contributed by atoms with van der Waals surface area (Å²) >= 11 is 0. The fourth-order valence-corrected chi connectivity index (χ4v) is 3.61. The van der Waals surface area contributed by atoms with Crippen molar-refractivity contribution < 1.29 is 23.8 Å². The number of ether oxygens (including phenoxy) is 3. The molecule has 1 aromatic carbocycles. The van der Waals surface area contributed by atoms with E-state index in [9.17, 15) is 9.59 Å². The highest BCUT2D eigenvalue weighted by molar-refractivity contribution is 5.89. The Kier molecular flexibility index (Phi) is 10.7. The molecule has 0 fully saturated rings. The monoisotopic (exact) mass is 564 g/mol. The van der Waals surface area contributed by atoms with Crippen molar-refractivity contribution in [1.29, 1.82) is 0 Å². The molecule has 0 aliphatic heterocycles. The zero-order chi connectivity index (χ0) is 29.9. The van der Waals surface area contributed by atoms with Gasteiger partial charge in [-0.3, -0.25) is 4.79 Å². The summed E-state index contributed by atoms with van der Waals surface area (Å²) in [4.78, 5) is 33.5. The Balaban J connectivity index is 1.82. The fourth-order valence-electron chi connectivity index (χ4n) is 3.61. The van der Waals surface area contributed by atoms with E-state index in [0.717, 1.165) is 5.56 Å². The van der Waals surface area contributed by atoms with Gasteiger partial charge in [0.25, 0.3) is 0 Å². The molecule has 0 radical (unpaired) electrons. The third kappa shape index (κ3) is 9.84. The molecule has 0 bridgehead atoms. The Morgan fingerprint density at radius 2 is 1.78 bits per heavy atom. The summed E-state index contributed by atoms with van der Waals surface area (Å²) in [6.07, 6.45) is 0.868. The highest BCUT2D eigenvalue weighted by Crippen LogP contribution is 2.19. The van der Waals surface area contributed by atoms with Crippen LogP contribution in [0.1, 0.15) is 58.1 Å². The number of nitrogens with one attached hydrogen (secondary N) is 2. The van der Waals surface area contributed by atoms with Crippen LogP contribution in [0.4, 0.5) is 4.79 Å². The van der Waals surface area contributed by atoms with Crippen molar-refractivity contribution in [3.8, 4) is 5.88 Å². The van der Waals surface area contributed by atoms with Crippen LogP contribution < -0.4 is 15.4 Å². The first-order valence-corrected chi connectivity index (χ1v) is 13.1. The minimum atomic E-state index is -1.35. The molecule has 0 unspecified atom stereocenters. The van der Waals surface area contributed by atoms with Crippen molar-refractivity contribution >= 4 is 12.0 Å². The molecule has 2 atom stereocenters. The van der Waals surface area contributed by atoms with Gasteiger partial charge in [-0.25, -0.2) is 21.0 Å². The van der Waals surface area contributed by atoms with Crippen molar-refractivity contribution in [2.45, 2.75) is 64.4 Å². The summed E-state index contributed by atoms with van der Waals surface area (Å²) in [5.74, 6) is 0.138. The van der Waals surface area contributed by atoms with Gasteiger partial charge in [-0.1, -0.05) is 36.4 Å². The van der Waals surface area contributed by atoms with E-state index in [2.05, 4.69) is 36.0 Å². The standard InChI is InChI=1S/C28H36N8O5/c1-27(2,3)41-26(38)32-28(4,5)25(37)31-22(19-39-17-20-12-8-7-9-13-20)24-33-34-35-36(24)21(16-29-6)18-40-23-14-10-11-15-30-23/h7-15,21-22H,16-19H2,1-5H3,(H,31,37)(H,32,38)/t21-,22-/m1/s1. The summed E-state index contributed by atoms with van der Waals surface area (Å²) in [5.41, 5.74) is -1.14. The summed E-state index contributed by atoms with van der Waals surface area (Å²) in [7, 11) is 0. The smallest absolute Gasteiger partial charge is 0.408 e. The number of hydrogen-bond donors (Lipinski definition) is 2. The SMILES string of the molecule is [C-]#[N+]C[C@H](COc1ccccn1)n1nnnc1[C@@H](COCc1ccccc1)NC(=O)C(C)(C)NC(=O)OC(C)(C)C. The van der Waals surface area contributed by atoms with E-state index in [1.165, 1.54) is 4.68 Å². The number of hydrogen-bond acceptors (Lipinski definition) is 9. The number of aromatic nitrogens is 5. The van der Waals surface area contributed by atoms with Gasteiger partial charge in [0.2, 0.25) is 18.3 Å². The zero-order valence-corrected chi connectivity index (χ0v) is 23.9. The first-order chi connectivity index (χ1) is 19.5. The molecule has 0 saturated carbocycles. The molecule has 3 aromatic rings. The van der Waals surface area contributed by atoms with Crippen LogP contribution >= 0.6 is 0 Å². The molecule has 13 nitrogen and oxygen atoms in total. The number of pyridine rings is 1. The van der Waals surface area contributed by atoms with Gasteiger partial charge >= 0.3 is 6.09 Å². The van der Waals surface area contributed by atoms with Crippen LogP contribution in [0.5, 0.6) is 5.88 Å². The van der Waals surface area contributed by atoms with E-state index in [4.69, 9.17) is 20.8 Å². The lowest BCUT2D eigenvalue weighted by atomic mass is 10.0. The van der Waals surface area contributed by atoms with Crippen LogP contribution in [0.25, 0.3) is 4.85 Å². The maximum atomic E-state index is 13.4. The summed E-state index contributed by atoms with van der Waals surface area (Å²) in [6.45, 7) is 16.1. The van der Waals surface area contributed by atoms with Gasteiger partial charge in [0.15, 0.2) is 11.9 Å². The van der Waals surface area contributed by atoms with E-state index < -0.39 is 35.2 Å². The van der Waals surface area contributed by atoms with Gasteiger partial charge in [-0.2, -0.15) is 0 Å². The van der Waals surface area contributed by atoms with Gasteiger partial charge in [-0.05, 0) is 56.7 Å². The first kappa shape index (κ1) is 31.0. The van der Waals surface area contributed by atoms with Crippen molar-refractivity contribution in [1.82, 2.24) is 35.8 Å². The summed E-state index contributed by atoms with van der Waals surface area (Å²) in [6, 6.07) is 13.4. The first-order valence-electron chi connectivity index (χ1n) is 13.1. The van der Waals surface area contributed by atoms with Gasteiger partial charge in [0.05, 0.1) is 13.2 Å². The number of amides is 2. The quantitative estimate of drug-likeness (QED) is 0.299. The predicted molar refractivity (Wildman–Crippen MR) is 148 cm³/mol. The largest absolute Gasteiger partial charge is 0.475 e. The molecular formula is C28H36N8O5. The number of carbonyl (C=O) groups excluding carboxylic acids is 2. The van der Waals surface area contributed by atoms with E-state index in [1.807, 2.05) is 30.3 Å². The van der Waals surface area contributed by atoms with Crippen molar-refractivity contribution in [3.05, 3.63) is 77.5 Å². The zero-order valence-electron chi connectivity index (χ0n) is 23.9. The molecule has 0 spiro atoms. The maximum absolute atomic E-state index is 13.4. The fraction of sp³-hybridized carbons (Fsp3) is 0.464. The van der Waals surface area contributed by atoms with E-state index in [0.29, 0.717) is 5.88 Å². The Bertz CT molecular complexity index is 1300.